The number of carbonyl (C=O) groups excluding carboxylic acids is 2. The van der Waals surface area contributed by atoms with Gasteiger partial charge in [-0.05, 0) is 65.9 Å². The molecule has 3 aliphatic heterocycles. The maximum absolute atomic E-state index is 13.1. The van der Waals surface area contributed by atoms with Crippen molar-refractivity contribution in [2.45, 2.75) is 57.8 Å². The van der Waals surface area contributed by atoms with Gasteiger partial charge in [-0.15, -0.1) is 0 Å². The second-order valence-electron chi connectivity index (χ2n) is 12.7. The van der Waals surface area contributed by atoms with Gasteiger partial charge in [0.05, 0.1) is 36.5 Å². The molecule has 4 atom stereocenters. The topological polar surface area (TPSA) is 79.3 Å². The molecule has 4 aromatic carbocycles. The Hall–Kier alpha value is -4.14. The molecular weight excluding hydrogens is 576 g/mol. The van der Waals surface area contributed by atoms with E-state index in [-0.39, 0.29) is 43.1 Å². The SMILES string of the molecule is C[C@H]1[C@@H](CN2CCCCC2)O[C@@H](c2ccc(-c3ccccc3CN3C(=O)c4ccccc4C3=O)cc2)O[C@H]1c1ccc(CO)cc1. The van der Waals surface area contributed by atoms with Crippen LogP contribution in [-0.2, 0) is 22.6 Å². The summed E-state index contributed by atoms with van der Waals surface area (Å²) in [6.45, 7) is 5.50. The van der Waals surface area contributed by atoms with Gasteiger partial charge in [-0.2, -0.15) is 0 Å². The van der Waals surface area contributed by atoms with E-state index in [2.05, 4.69) is 48.2 Å². The Labute approximate surface area is 270 Å². The molecule has 3 aliphatic rings. The predicted octanol–water partition coefficient (Wildman–Crippen LogP) is 6.92. The maximum atomic E-state index is 13.1. The number of ether oxygens (including phenoxy) is 2. The molecule has 3 heterocycles. The van der Waals surface area contributed by atoms with Crippen molar-refractivity contribution in [2.24, 2.45) is 5.92 Å². The molecule has 236 valence electrons. The van der Waals surface area contributed by atoms with Crippen molar-refractivity contribution in [3.05, 3.63) is 130 Å². The van der Waals surface area contributed by atoms with Crippen LogP contribution in [0.25, 0.3) is 11.1 Å². The van der Waals surface area contributed by atoms with Gasteiger partial charge in [0.25, 0.3) is 11.8 Å². The summed E-state index contributed by atoms with van der Waals surface area (Å²) in [6, 6.07) is 31.2. The molecule has 0 aliphatic carbocycles. The molecule has 0 unspecified atom stereocenters. The molecule has 2 saturated heterocycles. The lowest BCUT2D eigenvalue weighted by Crippen LogP contribution is -2.45. The van der Waals surface area contributed by atoms with Gasteiger partial charge in [0, 0.05) is 18.0 Å². The summed E-state index contributed by atoms with van der Waals surface area (Å²) >= 11 is 0. The summed E-state index contributed by atoms with van der Waals surface area (Å²) in [5.74, 6) is -0.371. The molecular formula is C39H40N2O5. The molecule has 0 saturated carbocycles. The van der Waals surface area contributed by atoms with Crippen LogP contribution >= 0.6 is 0 Å². The van der Waals surface area contributed by atoms with Crippen LogP contribution in [-0.4, -0.2) is 52.5 Å². The largest absolute Gasteiger partial charge is 0.392 e. The average Bonchev–Trinajstić information content (AvgIpc) is 3.35. The monoisotopic (exact) mass is 616 g/mol. The fourth-order valence-corrected chi connectivity index (χ4v) is 7.04. The number of hydrogen-bond donors (Lipinski definition) is 1. The molecule has 2 amide bonds. The van der Waals surface area contributed by atoms with Crippen LogP contribution in [0.5, 0.6) is 0 Å². The van der Waals surface area contributed by atoms with Crippen molar-refractivity contribution in [3.63, 3.8) is 0 Å². The van der Waals surface area contributed by atoms with Gasteiger partial charge in [-0.25, -0.2) is 0 Å². The van der Waals surface area contributed by atoms with Gasteiger partial charge >= 0.3 is 0 Å². The van der Waals surface area contributed by atoms with Gasteiger partial charge < -0.3 is 19.5 Å². The highest BCUT2D eigenvalue weighted by Crippen LogP contribution is 2.42. The lowest BCUT2D eigenvalue weighted by atomic mass is 9.89. The van der Waals surface area contributed by atoms with Crippen LogP contribution in [0.2, 0.25) is 0 Å². The number of imide groups is 1. The standard InChI is InChI=1S/C39H40N2O5/c1-26-35(24-40-21-7-2-8-22-40)45-39(46-36(26)29-15-13-27(25-42)14-16-29)30-19-17-28(18-20-30)32-10-4-3-9-31(32)23-41-37(43)33-11-5-6-12-34(33)38(41)44/h3-6,9-20,26,35-36,39,42H,2,7-8,21-25H2,1H3/t26-,35+,36+,39+/m0/s1. The molecule has 0 radical (unpaired) electrons. The molecule has 0 spiro atoms. The average molecular weight is 617 g/mol. The van der Waals surface area contributed by atoms with Crippen molar-refractivity contribution >= 4 is 11.8 Å². The highest BCUT2D eigenvalue weighted by molar-refractivity contribution is 6.21. The smallest absolute Gasteiger partial charge is 0.261 e. The van der Waals surface area contributed by atoms with E-state index >= 15 is 0 Å². The Morgan fingerprint density at radius 1 is 0.717 bits per heavy atom. The predicted molar refractivity (Wildman–Crippen MR) is 176 cm³/mol. The number of likely N-dealkylation sites (tertiary alicyclic amines) is 1. The van der Waals surface area contributed by atoms with E-state index in [0.29, 0.717) is 11.1 Å². The lowest BCUT2D eigenvalue weighted by Gasteiger charge is -2.43. The number of nitrogens with zero attached hydrogens (tertiary/aromatic N) is 2. The maximum Gasteiger partial charge on any atom is 0.261 e. The molecule has 7 heteroatoms. The highest BCUT2D eigenvalue weighted by atomic mass is 16.7. The first kappa shape index (κ1) is 30.5. The Kier molecular flexibility index (Phi) is 8.82. The molecule has 46 heavy (non-hydrogen) atoms. The third kappa shape index (κ3) is 6.04. The summed E-state index contributed by atoms with van der Waals surface area (Å²) in [6.07, 6.45) is 3.06. The summed E-state index contributed by atoms with van der Waals surface area (Å²) in [5.41, 5.74) is 6.67. The molecule has 7 nitrogen and oxygen atoms in total. The number of piperidine rings is 1. The Morgan fingerprint density at radius 2 is 1.33 bits per heavy atom. The minimum atomic E-state index is -0.531. The van der Waals surface area contributed by atoms with Crippen LogP contribution in [0.1, 0.15) is 81.5 Å². The first-order chi connectivity index (χ1) is 22.5. The summed E-state index contributed by atoms with van der Waals surface area (Å²) in [4.78, 5) is 30.0. The minimum absolute atomic E-state index is 0.000529. The van der Waals surface area contributed by atoms with Crippen LogP contribution < -0.4 is 0 Å². The first-order valence-electron chi connectivity index (χ1n) is 16.4. The van der Waals surface area contributed by atoms with E-state index in [4.69, 9.17) is 9.47 Å². The van der Waals surface area contributed by atoms with Crippen molar-refractivity contribution in [1.29, 1.82) is 0 Å². The highest BCUT2D eigenvalue weighted by Gasteiger charge is 2.39. The number of amides is 2. The minimum Gasteiger partial charge on any atom is -0.392 e. The second kappa shape index (κ2) is 13.3. The van der Waals surface area contributed by atoms with E-state index in [1.54, 1.807) is 24.3 Å². The number of aliphatic hydroxyl groups excluding tert-OH is 1. The van der Waals surface area contributed by atoms with Crippen LogP contribution in [0.15, 0.2) is 97.1 Å². The van der Waals surface area contributed by atoms with Crippen molar-refractivity contribution in [1.82, 2.24) is 9.80 Å². The van der Waals surface area contributed by atoms with Gasteiger partial charge in [0.2, 0.25) is 0 Å². The van der Waals surface area contributed by atoms with E-state index in [9.17, 15) is 14.7 Å². The molecule has 2 fully saturated rings. The third-order valence-corrected chi connectivity index (χ3v) is 9.73. The van der Waals surface area contributed by atoms with Crippen LogP contribution in [0.3, 0.4) is 0 Å². The van der Waals surface area contributed by atoms with Crippen molar-refractivity contribution in [2.75, 3.05) is 19.6 Å². The zero-order valence-electron chi connectivity index (χ0n) is 26.2. The second-order valence-corrected chi connectivity index (χ2v) is 12.7. The van der Waals surface area contributed by atoms with Crippen LogP contribution in [0.4, 0.5) is 0 Å². The van der Waals surface area contributed by atoms with E-state index in [1.807, 2.05) is 36.4 Å². The zero-order valence-corrected chi connectivity index (χ0v) is 26.2. The molecule has 4 aromatic rings. The van der Waals surface area contributed by atoms with Gasteiger partial charge in [-0.1, -0.05) is 98.3 Å². The van der Waals surface area contributed by atoms with E-state index < -0.39 is 6.29 Å². The molecule has 1 N–H and O–H groups in total. The summed E-state index contributed by atoms with van der Waals surface area (Å²) < 4.78 is 13.4. The number of aliphatic hydroxyl groups is 1. The Bertz CT molecular complexity index is 1660. The number of rotatable bonds is 8. The molecule has 0 aromatic heterocycles. The molecule has 0 bridgehead atoms. The van der Waals surface area contributed by atoms with Crippen molar-refractivity contribution in [3.8, 4) is 11.1 Å². The van der Waals surface area contributed by atoms with E-state index in [1.165, 1.54) is 24.2 Å². The fraction of sp³-hybridized carbons (Fsp3) is 0.333. The van der Waals surface area contributed by atoms with E-state index in [0.717, 1.165) is 53.0 Å². The van der Waals surface area contributed by atoms with Gasteiger partial charge in [-0.3, -0.25) is 14.5 Å². The van der Waals surface area contributed by atoms with Crippen molar-refractivity contribution < 1.29 is 24.2 Å². The quantitative estimate of drug-likeness (QED) is 0.217. The Balaban J connectivity index is 1.13. The third-order valence-electron chi connectivity index (χ3n) is 9.73. The number of carbonyl (C=O) groups is 2. The first-order valence-corrected chi connectivity index (χ1v) is 16.4. The summed E-state index contributed by atoms with van der Waals surface area (Å²) in [7, 11) is 0. The Morgan fingerprint density at radius 3 is 1.98 bits per heavy atom. The van der Waals surface area contributed by atoms with Gasteiger partial charge in [0.15, 0.2) is 6.29 Å². The summed E-state index contributed by atoms with van der Waals surface area (Å²) in [5, 5.41) is 9.57. The number of fused-ring (bicyclic) bond motifs is 1. The number of hydrogen-bond acceptors (Lipinski definition) is 6. The zero-order chi connectivity index (χ0) is 31.6. The lowest BCUT2D eigenvalue weighted by molar-refractivity contribution is -0.276. The number of benzene rings is 4. The normalized spacial score (nSPS) is 23.5. The van der Waals surface area contributed by atoms with Crippen LogP contribution in [0, 0.1) is 5.92 Å². The fourth-order valence-electron chi connectivity index (χ4n) is 7.04. The molecule has 7 rings (SSSR count). The van der Waals surface area contributed by atoms with Gasteiger partial charge in [0.1, 0.15) is 0 Å².